The van der Waals surface area contributed by atoms with Gasteiger partial charge in [-0.25, -0.2) is 14.8 Å². The normalized spacial score (nSPS) is 12.1. The fraction of sp³-hybridized carbons (Fsp3) is 0.261. The van der Waals surface area contributed by atoms with Gasteiger partial charge in [-0.05, 0) is 49.7 Å². The number of aromatic nitrogens is 4. The smallest absolute Gasteiger partial charge is 0.332 e. The third kappa shape index (κ3) is 4.88. The number of amides is 1. The molecule has 4 aromatic rings. The molecule has 0 unspecified atom stereocenters. The molecular formula is C23H22ClN5O4. The second kappa shape index (κ2) is 9.41. The number of aryl methyl sites for hydroxylation is 2. The maximum Gasteiger partial charge on any atom is 0.332 e. The molecule has 10 heteroatoms. The quantitative estimate of drug-likeness (QED) is 0.447. The number of nitrogens with zero attached hydrogens (tertiary/aromatic N) is 4. The molecule has 3 aromatic heterocycles. The molecule has 1 N–H and O–H groups in total. The van der Waals surface area contributed by atoms with Crippen molar-refractivity contribution in [2.75, 3.05) is 0 Å². The van der Waals surface area contributed by atoms with Crippen molar-refractivity contribution in [1.29, 1.82) is 0 Å². The molecule has 9 nitrogen and oxygen atoms in total. The van der Waals surface area contributed by atoms with Crippen molar-refractivity contribution in [2.45, 2.75) is 32.4 Å². The van der Waals surface area contributed by atoms with E-state index >= 15 is 0 Å². The monoisotopic (exact) mass is 467 g/mol. The SMILES string of the molecule is C[C@H](CCc1ccco1)NC(=O)Cn1c(=O)c2cnc(-c3ccc(Cl)cc3)nc2n(C)c1=O. The van der Waals surface area contributed by atoms with E-state index in [0.29, 0.717) is 29.3 Å². The van der Waals surface area contributed by atoms with Crippen molar-refractivity contribution in [2.24, 2.45) is 7.05 Å². The Hall–Kier alpha value is -3.72. The Morgan fingerprint density at radius 2 is 1.97 bits per heavy atom. The highest BCUT2D eigenvalue weighted by Crippen LogP contribution is 2.19. The average molecular weight is 468 g/mol. The lowest BCUT2D eigenvalue weighted by atomic mass is 10.1. The van der Waals surface area contributed by atoms with Crippen LogP contribution in [0.3, 0.4) is 0 Å². The van der Waals surface area contributed by atoms with E-state index in [9.17, 15) is 14.4 Å². The van der Waals surface area contributed by atoms with Gasteiger partial charge < -0.3 is 9.73 Å². The van der Waals surface area contributed by atoms with Crippen LogP contribution in [-0.4, -0.2) is 31.1 Å². The first kappa shape index (κ1) is 22.5. The van der Waals surface area contributed by atoms with Crippen molar-refractivity contribution in [3.05, 3.63) is 80.5 Å². The Morgan fingerprint density at radius 1 is 1.21 bits per heavy atom. The van der Waals surface area contributed by atoms with E-state index in [0.717, 1.165) is 10.3 Å². The predicted octanol–water partition coefficient (Wildman–Crippen LogP) is 2.54. The Morgan fingerprint density at radius 3 is 2.67 bits per heavy atom. The molecule has 0 bridgehead atoms. The second-order valence-electron chi connectivity index (χ2n) is 7.76. The molecule has 0 spiro atoms. The summed E-state index contributed by atoms with van der Waals surface area (Å²) in [6, 6.07) is 10.4. The lowest BCUT2D eigenvalue weighted by molar-refractivity contribution is -0.122. The molecule has 0 fully saturated rings. The van der Waals surface area contributed by atoms with Gasteiger partial charge in [-0.15, -0.1) is 0 Å². The lowest BCUT2D eigenvalue weighted by Crippen LogP contribution is -2.45. The van der Waals surface area contributed by atoms with Gasteiger partial charge in [0.25, 0.3) is 5.56 Å². The molecule has 170 valence electrons. The van der Waals surface area contributed by atoms with Gasteiger partial charge >= 0.3 is 5.69 Å². The van der Waals surface area contributed by atoms with Gasteiger partial charge in [0.05, 0.1) is 6.26 Å². The van der Waals surface area contributed by atoms with Crippen LogP contribution in [0.2, 0.25) is 5.02 Å². The van der Waals surface area contributed by atoms with E-state index in [1.807, 2.05) is 19.1 Å². The number of fused-ring (bicyclic) bond motifs is 1. The molecule has 33 heavy (non-hydrogen) atoms. The number of rotatable bonds is 7. The van der Waals surface area contributed by atoms with Crippen LogP contribution in [0.4, 0.5) is 0 Å². The molecule has 0 aliphatic rings. The highest BCUT2D eigenvalue weighted by Gasteiger charge is 2.17. The van der Waals surface area contributed by atoms with Gasteiger partial charge in [0.2, 0.25) is 5.91 Å². The minimum Gasteiger partial charge on any atom is -0.469 e. The molecule has 0 saturated heterocycles. The number of hydrogen-bond donors (Lipinski definition) is 1. The van der Waals surface area contributed by atoms with Gasteiger partial charge in [0.1, 0.15) is 17.7 Å². The van der Waals surface area contributed by atoms with Crippen LogP contribution in [0, 0.1) is 0 Å². The van der Waals surface area contributed by atoms with E-state index in [2.05, 4.69) is 15.3 Å². The third-order valence-corrected chi connectivity index (χ3v) is 5.55. The van der Waals surface area contributed by atoms with E-state index in [1.54, 1.807) is 30.5 Å². The van der Waals surface area contributed by atoms with Gasteiger partial charge in [0, 0.05) is 36.3 Å². The van der Waals surface area contributed by atoms with Gasteiger partial charge in [-0.3, -0.25) is 18.7 Å². The fourth-order valence-corrected chi connectivity index (χ4v) is 3.64. The topological polar surface area (TPSA) is 112 Å². The summed E-state index contributed by atoms with van der Waals surface area (Å²) in [4.78, 5) is 47.0. The van der Waals surface area contributed by atoms with Crippen LogP contribution in [0.25, 0.3) is 22.4 Å². The molecule has 1 aromatic carbocycles. The zero-order valence-electron chi connectivity index (χ0n) is 18.1. The lowest BCUT2D eigenvalue weighted by Gasteiger charge is -2.15. The zero-order chi connectivity index (χ0) is 23.5. The summed E-state index contributed by atoms with van der Waals surface area (Å²) in [7, 11) is 1.50. The van der Waals surface area contributed by atoms with Crippen molar-refractivity contribution in [1.82, 2.24) is 24.4 Å². The molecule has 0 radical (unpaired) electrons. The molecule has 4 rings (SSSR count). The second-order valence-corrected chi connectivity index (χ2v) is 8.19. The molecule has 3 heterocycles. The van der Waals surface area contributed by atoms with Crippen molar-refractivity contribution >= 4 is 28.5 Å². The first-order valence-electron chi connectivity index (χ1n) is 10.4. The number of furan rings is 1. The van der Waals surface area contributed by atoms with E-state index in [1.165, 1.54) is 17.8 Å². The number of carbonyl (C=O) groups is 1. The minimum atomic E-state index is -0.633. The van der Waals surface area contributed by atoms with E-state index < -0.39 is 23.7 Å². The Balaban J connectivity index is 1.56. The van der Waals surface area contributed by atoms with Crippen LogP contribution >= 0.6 is 11.6 Å². The third-order valence-electron chi connectivity index (χ3n) is 5.30. The molecule has 0 saturated carbocycles. The first-order chi connectivity index (χ1) is 15.8. The summed E-state index contributed by atoms with van der Waals surface area (Å²) in [5, 5.41) is 3.54. The number of benzene rings is 1. The van der Waals surface area contributed by atoms with Crippen LogP contribution in [0.5, 0.6) is 0 Å². The Labute approximate surface area is 193 Å². The summed E-state index contributed by atoms with van der Waals surface area (Å²) in [5.41, 5.74) is -0.366. The number of carbonyl (C=O) groups excluding carboxylic acids is 1. The highest BCUT2D eigenvalue weighted by molar-refractivity contribution is 6.30. The van der Waals surface area contributed by atoms with Crippen LogP contribution < -0.4 is 16.6 Å². The Bertz CT molecular complexity index is 1410. The summed E-state index contributed by atoms with van der Waals surface area (Å²) in [5.74, 6) is 0.752. The first-order valence-corrected chi connectivity index (χ1v) is 10.8. The minimum absolute atomic E-state index is 0.147. The summed E-state index contributed by atoms with van der Waals surface area (Å²) in [6.45, 7) is 1.46. The summed E-state index contributed by atoms with van der Waals surface area (Å²) >= 11 is 5.92. The van der Waals surface area contributed by atoms with Gasteiger partial charge in [-0.1, -0.05) is 11.6 Å². The standard InChI is InChI=1S/C23H22ClN5O4/c1-14(5-10-17-4-3-11-33-17)26-19(30)13-29-22(31)18-12-25-20(15-6-8-16(24)9-7-15)27-21(18)28(2)23(29)32/h3-4,6-9,11-12,14H,5,10,13H2,1-2H3,(H,26,30)/t14-/m1/s1. The zero-order valence-corrected chi connectivity index (χ0v) is 18.9. The van der Waals surface area contributed by atoms with Crippen LogP contribution in [0.15, 0.2) is 62.9 Å². The molecular weight excluding hydrogens is 446 g/mol. The van der Waals surface area contributed by atoms with E-state index in [-0.39, 0.29) is 17.1 Å². The molecule has 1 amide bonds. The summed E-state index contributed by atoms with van der Waals surface area (Å²) < 4.78 is 7.42. The van der Waals surface area contributed by atoms with Crippen molar-refractivity contribution in [3.8, 4) is 11.4 Å². The molecule has 0 aliphatic heterocycles. The molecule has 1 atom stereocenters. The number of halogens is 1. The number of nitrogens with one attached hydrogen (secondary N) is 1. The highest BCUT2D eigenvalue weighted by atomic mass is 35.5. The van der Waals surface area contributed by atoms with Gasteiger partial charge in [-0.2, -0.15) is 0 Å². The van der Waals surface area contributed by atoms with Gasteiger partial charge in [0.15, 0.2) is 11.5 Å². The van der Waals surface area contributed by atoms with Crippen LogP contribution in [-0.2, 0) is 24.8 Å². The van der Waals surface area contributed by atoms with Crippen LogP contribution in [0.1, 0.15) is 19.1 Å². The fourth-order valence-electron chi connectivity index (χ4n) is 3.51. The van der Waals surface area contributed by atoms with Crippen molar-refractivity contribution in [3.63, 3.8) is 0 Å². The van der Waals surface area contributed by atoms with E-state index in [4.69, 9.17) is 16.0 Å². The van der Waals surface area contributed by atoms with Crippen molar-refractivity contribution < 1.29 is 9.21 Å². The maximum absolute atomic E-state index is 13.0. The summed E-state index contributed by atoms with van der Waals surface area (Å²) in [6.07, 6.45) is 4.29. The number of hydrogen-bond acceptors (Lipinski definition) is 6. The molecule has 0 aliphatic carbocycles. The predicted molar refractivity (Wildman–Crippen MR) is 124 cm³/mol. The largest absolute Gasteiger partial charge is 0.469 e. The maximum atomic E-state index is 13.0. The average Bonchev–Trinajstić information content (AvgIpc) is 3.33. The Kier molecular flexibility index (Phi) is 6.41.